The number of benzene rings is 1. The van der Waals surface area contributed by atoms with Crippen LogP contribution in [0.1, 0.15) is 12.0 Å². The molecule has 102 valence electrons. The topological polar surface area (TPSA) is 78.6 Å². The maximum absolute atomic E-state index is 11.8. The number of sulfone groups is 1. The monoisotopic (exact) mass is 273 g/mol. The summed E-state index contributed by atoms with van der Waals surface area (Å²) in [4.78, 5) is 0. The summed E-state index contributed by atoms with van der Waals surface area (Å²) in [6.07, 6.45) is 0.504. The van der Waals surface area contributed by atoms with Gasteiger partial charge in [0.05, 0.1) is 24.3 Å². The fourth-order valence-corrected chi connectivity index (χ4v) is 3.01. The molecule has 1 rings (SSSR count). The first-order valence-electron chi connectivity index (χ1n) is 5.60. The second kappa shape index (κ2) is 6.61. The van der Waals surface area contributed by atoms with E-state index in [4.69, 9.17) is 15.2 Å². The number of hydrogen-bond donors (Lipinski definition) is 1. The molecule has 5 nitrogen and oxygen atoms in total. The predicted molar refractivity (Wildman–Crippen MR) is 71.4 cm³/mol. The number of ether oxygens (including phenoxy) is 2. The summed E-state index contributed by atoms with van der Waals surface area (Å²) in [5.41, 5.74) is 6.85. The first-order valence-corrected chi connectivity index (χ1v) is 7.42. The SMILES string of the molecule is COCCCS(=O)(=O)Cc1ccc(OC)c(N)c1. The Kier molecular flexibility index (Phi) is 5.43. The molecule has 1 aromatic carbocycles. The lowest BCUT2D eigenvalue weighted by molar-refractivity contribution is 0.199. The third-order valence-electron chi connectivity index (χ3n) is 2.48. The number of nitrogens with two attached hydrogens (primary N) is 1. The normalized spacial score (nSPS) is 11.4. The van der Waals surface area contributed by atoms with E-state index in [-0.39, 0.29) is 11.5 Å². The van der Waals surface area contributed by atoms with Crippen LogP contribution in [0.25, 0.3) is 0 Å². The second-order valence-corrected chi connectivity index (χ2v) is 6.20. The molecule has 0 heterocycles. The van der Waals surface area contributed by atoms with Gasteiger partial charge < -0.3 is 15.2 Å². The average Bonchev–Trinajstić information content (AvgIpc) is 2.29. The maximum atomic E-state index is 11.8. The van der Waals surface area contributed by atoms with Crippen molar-refractivity contribution in [1.29, 1.82) is 0 Å². The van der Waals surface area contributed by atoms with Crippen molar-refractivity contribution in [2.75, 3.05) is 32.3 Å². The van der Waals surface area contributed by atoms with E-state index in [1.54, 1.807) is 25.3 Å². The van der Waals surface area contributed by atoms with Gasteiger partial charge in [0.15, 0.2) is 9.84 Å². The number of nitrogen functional groups attached to an aromatic ring is 1. The van der Waals surface area contributed by atoms with E-state index in [9.17, 15) is 8.42 Å². The molecule has 0 aromatic heterocycles. The Bertz CT molecular complexity index is 485. The van der Waals surface area contributed by atoms with Crippen molar-refractivity contribution in [1.82, 2.24) is 0 Å². The number of hydrogen-bond acceptors (Lipinski definition) is 5. The lowest BCUT2D eigenvalue weighted by atomic mass is 10.2. The van der Waals surface area contributed by atoms with Gasteiger partial charge in [-0.05, 0) is 24.1 Å². The lowest BCUT2D eigenvalue weighted by Gasteiger charge is -2.08. The van der Waals surface area contributed by atoms with Gasteiger partial charge in [0.2, 0.25) is 0 Å². The van der Waals surface area contributed by atoms with Crippen molar-refractivity contribution in [2.24, 2.45) is 0 Å². The highest BCUT2D eigenvalue weighted by molar-refractivity contribution is 7.90. The molecular formula is C12H19NO4S. The highest BCUT2D eigenvalue weighted by atomic mass is 32.2. The van der Waals surface area contributed by atoms with Gasteiger partial charge in [0.25, 0.3) is 0 Å². The minimum Gasteiger partial charge on any atom is -0.495 e. The van der Waals surface area contributed by atoms with Gasteiger partial charge in [-0.2, -0.15) is 0 Å². The fraction of sp³-hybridized carbons (Fsp3) is 0.500. The van der Waals surface area contributed by atoms with Gasteiger partial charge in [-0.3, -0.25) is 0 Å². The molecule has 0 aliphatic heterocycles. The summed E-state index contributed by atoms with van der Waals surface area (Å²) in [6.45, 7) is 0.448. The Morgan fingerprint density at radius 3 is 2.56 bits per heavy atom. The zero-order chi connectivity index (χ0) is 13.6. The van der Waals surface area contributed by atoms with E-state index in [1.807, 2.05) is 0 Å². The van der Waals surface area contributed by atoms with Crippen molar-refractivity contribution in [3.63, 3.8) is 0 Å². The highest BCUT2D eigenvalue weighted by Crippen LogP contribution is 2.23. The van der Waals surface area contributed by atoms with Crippen molar-refractivity contribution in [2.45, 2.75) is 12.2 Å². The summed E-state index contributed by atoms with van der Waals surface area (Å²) in [7, 11) is -0.0465. The Balaban J connectivity index is 2.69. The summed E-state index contributed by atoms with van der Waals surface area (Å²) >= 11 is 0. The third kappa shape index (κ3) is 4.54. The minimum absolute atomic E-state index is 0.00902. The third-order valence-corrected chi connectivity index (χ3v) is 4.17. The average molecular weight is 273 g/mol. The molecule has 0 bridgehead atoms. The van der Waals surface area contributed by atoms with Gasteiger partial charge in [0, 0.05) is 13.7 Å². The number of rotatable bonds is 7. The van der Waals surface area contributed by atoms with Crippen molar-refractivity contribution < 1.29 is 17.9 Å². The summed E-state index contributed by atoms with van der Waals surface area (Å²) in [5.74, 6) is 0.660. The first kappa shape index (κ1) is 14.8. The van der Waals surface area contributed by atoms with Crippen LogP contribution in [0.5, 0.6) is 5.75 Å². The Morgan fingerprint density at radius 1 is 1.28 bits per heavy atom. The zero-order valence-electron chi connectivity index (χ0n) is 10.7. The van der Waals surface area contributed by atoms with E-state index in [0.29, 0.717) is 30.0 Å². The molecule has 0 amide bonds. The van der Waals surface area contributed by atoms with Gasteiger partial charge in [-0.15, -0.1) is 0 Å². The number of methoxy groups -OCH3 is 2. The molecule has 0 spiro atoms. The minimum atomic E-state index is -3.12. The fourth-order valence-electron chi connectivity index (χ4n) is 1.62. The van der Waals surface area contributed by atoms with E-state index < -0.39 is 9.84 Å². The Labute approximate surface area is 108 Å². The molecule has 0 saturated heterocycles. The zero-order valence-corrected chi connectivity index (χ0v) is 11.5. The lowest BCUT2D eigenvalue weighted by Crippen LogP contribution is -2.11. The quantitative estimate of drug-likeness (QED) is 0.597. The first-order chi connectivity index (χ1) is 8.48. The molecule has 0 aliphatic rings. The van der Waals surface area contributed by atoms with Crippen LogP contribution in [0.2, 0.25) is 0 Å². The second-order valence-electron chi connectivity index (χ2n) is 4.01. The van der Waals surface area contributed by atoms with Crippen molar-refractivity contribution >= 4 is 15.5 Å². The summed E-state index contributed by atoms with van der Waals surface area (Å²) < 4.78 is 33.5. The van der Waals surface area contributed by atoms with E-state index in [0.717, 1.165) is 0 Å². The summed E-state index contributed by atoms with van der Waals surface area (Å²) in [6, 6.07) is 5.02. The molecule has 1 aromatic rings. The standard InChI is InChI=1S/C12H19NO4S/c1-16-6-3-7-18(14,15)9-10-4-5-12(17-2)11(13)8-10/h4-5,8H,3,6-7,9,13H2,1-2H3. The molecule has 0 saturated carbocycles. The van der Waals surface area contributed by atoms with Gasteiger partial charge >= 0.3 is 0 Å². The van der Waals surface area contributed by atoms with Crippen molar-refractivity contribution in [3.05, 3.63) is 23.8 Å². The molecule has 0 aliphatic carbocycles. The molecular weight excluding hydrogens is 254 g/mol. The van der Waals surface area contributed by atoms with E-state index >= 15 is 0 Å². The molecule has 2 N–H and O–H groups in total. The molecule has 0 radical (unpaired) electrons. The van der Waals surface area contributed by atoms with Crippen molar-refractivity contribution in [3.8, 4) is 5.75 Å². The number of anilines is 1. The highest BCUT2D eigenvalue weighted by Gasteiger charge is 2.12. The Morgan fingerprint density at radius 2 is 2.00 bits per heavy atom. The van der Waals surface area contributed by atoms with Crippen LogP contribution < -0.4 is 10.5 Å². The van der Waals surface area contributed by atoms with Crippen LogP contribution in [0.15, 0.2) is 18.2 Å². The molecule has 18 heavy (non-hydrogen) atoms. The Hall–Kier alpha value is -1.27. The van der Waals surface area contributed by atoms with Gasteiger partial charge in [-0.25, -0.2) is 8.42 Å². The van der Waals surface area contributed by atoms with Gasteiger partial charge in [-0.1, -0.05) is 6.07 Å². The molecule has 6 heteroatoms. The van der Waals surface area contributed by atoms with E-state index in [1.165, 1.54) is 7.11 Å². The van der Waals surface area contributed by atoms with Crippen LogP contribution in [0.4, 0.5) is 5.69 Å². The van der Waals surface area contributed by atoms with Crippen LogP contribution >= 0.6 is 0 Å². The van der Waals surface area contributed by atoms with Crippen LogP contribution in [-0.4, -0.2) is 35.0 Å². The van der Waals surface area contributed by atoms with Gasteiger partial charge in [0.1, 0.15) is 5.75 Å². The van der Waals surface area contributed by atoms with Crippen LogP contribution in [-0.2, 0) is 20.3 Å². The van der Waals surface area contributed by atoms with E-state index in [2.05, 4.69) is 0 Å². The largest absolute Gasteiger partial charge is 0.495 e. The molecule has 0 atom stereocenters. The predicted octanol–water partition coefficient (Wildman–Crippen LogP) is 1.23. The molecule has 0 fully saturated rings. The van der Waals surface area contributed by atoms with Crippen LogP contribution in [0.3, 0.4) is 0 Å². The molecule has 0 unspecified atom stereocenters. The smallest absolute Gasteiger partial charge is 0.154 e. The van der Waals surface area contributed by atoms with Crippen LogP contribution in [0, 0.1) is 0 Å². The maximum Gasteiger partial charge on any atom is 0.154 e. The summed E-state index contributed by atoms with van der Waals surface area (Å²) in [5, 5.41) is 0.